The average molecular weight is 381 g/mol. The fourth-order valence-electron chi connectivity index (χ4n) is 2.37. The molecule has 0 aliphatic carbocycles. The Balaban J connectivity index is 2.03. The molecule has 0 aliphatic heterocycles. The van der Waals surface area contributed by atoms with Crippen molar-refractivity contribution in [3.05, 3.63) is 52.3 Å². The van der Waals surface area contributed by atoms with E-state index in [0.717, 1.165) is 15.2 Å². The third kappa shape index (κ3) is 2.62. The molecule has 1 N–H and O–H groups in total. The normalized spacial score (nSPS) is 11.8. The maximum absolute atomic E-state index is 12.5. The predicted molar refractivity (Wildman–Crippen MR) is 88.4 cm³/mol. The van der Waals surface area contributed by atoms with E-state index in [2.05, 4.69) is 25.8 Å². The van der Waals surface area contributed by atoms with Crippen molar-refractivity contribution in [3.8, 4) is 0 Å². The fraction of sp³-hybridized carbons (Fsp3) is 0.133. The van der Waals surface area contributed by atoms with Crippen LogP contribution in [0.4, 0.5) is 5.69 Å². The highest BCUT2D eigenvalue weighted by Gasteiger charge is 2.24. The molecule has 0 fully saturated rings. The number of benzene rings is 2. The van der Waals surface area contributed by atoms with Crippen molar-refractivity contribution in [2.24, 2.45) is 0 Å². The first kappa shape index (κ1) is 15.1. The van der Waals surface area contributed by atoms with Crippen molar-refractivity contribution in [1.29, 1.82) is 0 Å². The van der Waals surface area contributed by atoms with E-state index >= 15 is 0 Å². The van der Waals surface area contributed by atoms with Gasteiger partial charge in [-0.25, -0.2) is 8.42 Å². The number of rotatable bonds is 3. The second kappa shape index (κ2) is 5.40. The summed E-state index contributed by atoms with van der Waals surface area (Å²) in [4.78, 5) is 0.0850. The minimum atomic E-state index is -3.73. The van der Waals surface area contributed by atoms with Crippen LogP contribution in [0.2, 0.25) is 0 Å². The van der Waals surface area contributed by atoms with Crippen molar-refractivity contribution in [3.63, 3.8) is 0 Å². The highest BCUT2D eigenvalue weighted by atomic mass is 79.9. The lowest BCUT2D eigenvalue weighted by molar-refractivity contribution is 0.390. The Labute approximate surface area is 136 Å². The number of sulfonamides is 1. The fourth-order valence-corrected chi connectivity index (χ4v) is 4.27. The molecule has 0 saturated carbocycles. The third-order valence-corrected chi connectivity index (χ3v) is 5.63. The van der Waals surface area contributed by atoms with E-state index in [4.69, 9.17) is 4.52 Å². The molecule has 0 spiro atoms. The quantitative estimate of drug-likeness (QED) is 0.744. The number of nitrogens with one attached hydrogen (secondary N) is 1. The van der Waals surface area contributed by atoms with Crippen LogP contribution in [0.1, 0.15) is 11.5 Å². The molecular weight excluding hydrogens is 368 g/mol. The number of aromatic nitrogens is 1. The van der Waals surface area contributed by atoms with Gasteiger partial charge in [0.15, 0.2) is 10.7 Å². The molecule has 3 rings (SSSR count). The summed E-state index contributed by atoms with van der Waals surface area (Å²) in [5, 5.41) is 5.64. The Morgan fingerprint density at radius 2 is 1.95 bits per heavy atom. The topological polar surface area (TPSA) is 72.2 Å². The maximum atomic E-state index is 12.5. The third-order valence-electron chi connectivity index (χ3n) is 3.32. The van der Waals surface area contributed by atoms with Crippen LogP contribution in [-0.4, -0.2) is 13.6 Å². The summed E-state index contributed by atoms with van der Waals surface area (Å²) in [6.45, 7) is 3.18. The second-order valence-electron chi connectivity index (χ2n) is 4.93. The molecule has 2 aromatic carbocycles. The van der Waals surface area contributed by atoms with Gasteiger partial charge in [0.1, 0.15) is 5.69 Å². The number of hydrogen-bond donors (Lipinski definition) is 1. The van der Waals surface area contributed by atoms with Gasteiger partial charge in [0, 0.05) is 10.2 Å². The minimum absolute atomic E-state index is 0.0850. The highest BCUT2D eigenvalue weighted by molar-refractivity contribution is 9.10. The summed E-state index contributed by atoms with van der Waals surface area (Å²) in [5.41, 5.74) is 0.833. The van der Waals surface area contributed by atoms with Crippen molar-refractivity contribution < 1.29 is 12.9 Å². The molecule has 1 aromatic heterocycles. The smallest absolute Gasteiger partial charge is 0.267 e. The van der Waals surface area contributed by atoms with E-state index in [1.807, 2.05) is 24.3 Å². The molecule has 0 unspecified atom stereocenters. The molecule has 114 valence electrons. The molecule has 22 heavy (non-hydrogen) atoms. The zero-order valence-corrected chi connectivity index (χ0v) is 14.3. The first-order chi connectivity index (χ1) is 10.4. The number of hydrogen-bond acceptors (Lipinski definition) is 4. The lowest BCUT2D eigenvalue weighted by Crippen LogP contribution is -2.14. The van der Waals surface area contributed by atoms with Crippen LogP contribution in [0.25, 0.3) is 10.8 Å². The van der Waals surface area contributed by atoms with Crippen LogP contribution in [0.15, 0.2) is 50.3 Å². The largest absolute Gasteiger partial charge is 0.360 e. The van der Waals surface area contributed by atoms with Crippen molar-refractivity contribution in [1.82, 2.24) is 5.16 Å². The summed E-state index contributed by atoms with van der Waals surface area (Å²) in [6.07, 6.45) is 0. The molecule has 3 aromatic rings. The van der Waals surface area contributed by atoms with E-state index in [9.17, 15) is 8.42 Å². The van der Waals surface area contributed by atoms with E-state index in [1.165, 1.54) is 0 Å². The van der Waals surface area contributed by atoms with Gasteiger partial charge in [-0.05, 0) is 42.8 Å². The van der Waals surface area contributed by atoms with Crippen molar-refractivity contribution in [2.45, 2.75) is 18.7 Å². The van der Waals surface area contributed by atoms with Gasteiger partial charge in [-0.2, -0.15) is 0 Å². The van der Waals surface area contributed by atoms with Crippen LogP contribution < -0.4 is 4.72 Å². The molecule has 1 heterocycles. The summed E-state index contributed by atoms with van der Waals surface area (Å²) < 4.78 is 33.4. The van der Waals surface area contributed by atoms with Gasteiger partial charge < -0.3 is 4.52 Å². The molecule has 7 heteroatoms. The van der Waals surface area contributed by atoms with Gasteiger partial charge in [-0.1, -0.05) is 39.3 Å². The number of anilines is 1. The number of nitrogens with zero attached hydrogens (tertiary/aromatic N) is 1. The molecule has 0 amide bonds. The molecule has 0 bridgehead atoms. The number of aryl methyl sites for hydroxylation is 2. The molecule has 0 aliphatic rings. The molecule has 0 atom stereocenters. The molecular formula is C15H13BrN2O3S. The molecule has 0 saturated heterocycles. The Bertz CT molecular complexity index is 945. The summed E-state index contributed by atoms with van der Waals surface area (Å²) >= 11 is 3.47. The standard InChI is InChI=1S/C15H13BrN2O3S/c1-9-15(10(2)21-17-9)22(19,20)18-12-6-7-13-11(8-12)4-3-5-14(13)16/h3-8,18H,1-2H3. The molecule has 5 nitrogen and oxygen atoms in total. The first-order valence-electron chi connectivity index (χ1n) is 6.52. The van der Waals surface area contributed by atoms with Gasteiger partial charge in [0.05, 0.1) is 0 Å². The van der Waals surface area contributed by atoms with Crippen LogP contribution in [-0.2, 0) is 10.0 Å². The van der Waals surface area contributed by atoms with Gasteiger partial charge in [0.25, 0.3) is 10.0 Å². The Kier molecular flexibility index (Phi) is 3.70. The summed E-state index contributed by atoms with van der Waals surface area (Å²) in [7, 11) is -3.73. The SMILES string of the molecule is Cc1noc(C)c1S(=O)(=O)Nc1ccc2c(Br)cccc2c1. The summed E-state index contributed by atoms with van der Waals surface area (Å²) in [6, 6.07) is 11.1. The number of halogens is 1. The zero-order chi connectivity index (χ0) is 15.9. The van der Waals surface area contributed by atoms with Crippen molar-refractivity contribution in [2.75, 3.05) is 4.72 Å². The Hall–Kier alpha value is -1.86. The van der Waals surface area contributed by atoms with Crippen LogP contribution >= 0.6 is 15.9 Å². The lowest BCUT2D eigenvalue weighted by atomic mass is 10.1. The van der Waals surface area contributed by atoms with E-state index in [0.29, 0.717) is 11.4 Å². The van der Waals surface area contributed by atoms with E-state index < -0.39 is 10.0 Å². The van der Waals surface area contributed by atoms with E-state index in [-0.39, 0.29) is 10.7 Å². The van der Waals surface area contributed by atoms with Crippen LogP contribution in [0.5, 0.6) is 0 Å². The van der Waals surface area contributed by atoms with Gasteiger partial charge >= 0.3 is 0 Å². The molecule has 0 radical (unpaired) electrons. The minimum Gasteiger partial charge on any atom is -0.360 e. The van der Waals surface area contributed by atoms with Crippen LogP contribution in [0, 0.1) is 13.8 Å². The lowest BCUT2D eigenvalue weighted by Gasteiger charge is -2.09. The second-order valence-corrected chi connectivity index (χ2v) is 7.41. The van der Waals surface area contributed by atoms with Crippen LogP contribution in [0.3, 0.4) is 0 Å². The van der Waals surface area contributed by atoms with Gasteiger partial charge in [-0.3, -0.25) is 4.72 Å². The Morgan fingerprint density at radius 1 is 1.18 bits per heavy atom. The number of fused-ring (bicyclic) bond motifs is 1. The zero-order valence-electron chi connectivity index (χ0n) is 11.9. The first-order valence-corrected chi connectivity index (χ1v) is 8.80. The van der Waals surface area contributed by atoms with Gasteiger partial charge in [0.2, 0.25) is 0 Å². The highest BCUT2D eigenvalue weighted by Crippen LogP contribution is 2.28. The monoisotopic (exact) mass is 380 g/mol. The maximum Gasteiger partial charge on any atom is 0.267 e. The van der Waals surface area contributed by atoms with E-state index in [1.54, 1.807) is 26.0 Å². The average Bonchev–Trinajstić information content (AvgIpc) is 2.78. The van der Waals surface area contributed by atoms with Gasteiger partial charge in [-0.15, -0.1) is 0 Å². The van der Waals surface area contributed by atoms with Crippen molar-refractivity contribution >= 4 is 42.4 Å². The Morgan fingerprint density at radius 3 is 2.64 bits per heavy atom. The summed E-state index contributed by atoms with van der Waals surface area (Å²) in [5.74, 6) is 0.272. The predicted octanol–water partition coefficient (Wildman–Crippen LogP) is 4.01.